The van der Waals surface area contributed by atoms with Crippen molar-refractivity contribution in [2.45, 2.75) is 19.5 Å². The second kappa shape index (κ2) is 7.18. The first kappa shape index (κ1) is 14.7. The van der Waals surface area contributed by atoms with Crippen LogP contribution >= 0.6 is 0 Å². The molecule has 0 aliphatic carbocycles. The van der Waals surface area contributed by atoms with E-state index in [9.17, 15) is 0 Å². The summed E-state index contributed by atoms with van der Waals surface area (Å²) < 4.78 is 1.81. The van der Waals surface area contributed by atoms with Gasteiger partial charge in [-0.3, -0.25) is 4.68 Å². The number of anilines is 1. The van der Waals surface area contributed by atoms with Crippen molar-refractivity contribution in [1.82, 2.24) is 19.7 Å². The van der Waals surface area contributed by atoms with E-state index < -0.39 is 0 Å². The van der Waals surface area contributed by atoms with E-state index in [1.807, 2.05) is 41.2 Å². The molecule has 0 saturated heterocycles. The highest BCUT2D eigenvalue weighted by Crippen LogP contribution is 2.22. The number of aryl methyl sites for hydroxylation is 1. The minimum atomic E-state index is 0.435. The summed E-state index contributed by atoms with van der Waals surface area (Å²) in [4.78, 5) is 8.32. The van der Waals surface area contributed by atoms with E-state index in [4.69, 9.17) is 5.26 Å². The van der Waals surface area contributed by atoms with Gasteiger partial charge in [0.05, 0.1) is 24.7 Å². The molecule has 6 nitrogen and oxygen atoms in total. The van der Waals surface area contributed by atoms with Crippen LogP contribution in [0.1, 0.15) is 12.0 Å². The molecule has 3 aromatic rings. The zero-order valence-corrected chi connectivity index (χ0v) is 12.6. The normalized spacial score (nSPS) is 10.2. The lowest BCUT2D eigenvalue weighted by Gasteiger charge is -2.04. The van der Waals surface area contributed by atoms with E-state index in [1.54, 1.807) is 18.5 Å². The first-order valence-electron chi connectivity index (χ1n) is 7.36. The van der Waals surface area contributed by atoms with Crippen molar-refractivity contribution in [2.75, 3.05) is 5.32 Å². The minimum absolute atomic E-state index is 0.435. The molecule has 0 aliphatic heterocycles. The van der Waals surface area contributed by atoms with E-state index >= 15 is 0 Å². The van der Waals surface area contributed by atoms with Gasteiger partial charge in [0.25, 0.3) is 0 Å². The van der Waals surface area contributed by atoms with Gasteiger partial charge in [0.2, 0.25) is 5.95 Å². The van der Waals surface area contributed by atoms with E-state index in [-0.39, 0.29) is 0 Å². The Balaban J connectivity index is 1.85. The molecule has 0 saturated carbocycles. The Morgan fingerprint density at radius 1 is 1.09 bits per heavy atom. The molecule has 2 heterocycles. The standard InChI is InChI=1S/C17H16N6/c18-8-4-11-23-13-15(12-21-17-19-9-5-10-20-17)16(22-23)14-6-2-1-3-7-14/h1-3,5-7,9-10,13H,4,11-12H2,(H,19,20,21). The summed E-state index contributed by atoms with van der Waals surface area (Å²) in [5.74, 6) is 0.580. The number of aromatic nitrogens is 4. The summed E-state index contributed by atoms with van der Waals surface area (Å²) in [7, 11) is 0. The fourth-order valence-corrected chi connectivity index (χ4v) is 2.27. The van der Waals surface area contributed by atoms with Crippen LogP contribution in [-0.4, -0.2) is 19.7 Å². The predicted octanol–water partition coefficient (Wildman–Crippen LogP) is 2.87. The quantitative estimate of drug-likeness (QED) is 0.757. The Labute approximate surface area is 134 Å². The zero-order chi connectivity index (χ0) is 15.9. The largest absolute Gasteiger partial charge is 0.350 e. The summed E-state index contributed by atoms with van der Waals surface area (Å²) in [6.07, 6.45) is 5.80. The first-order chi connectivity index (χ1) is 11.4. The van der Waals surface area contributed by atoms with Gasteiger partial charge < -0.3 is 5.32 Å². The van der Waals surface area contributed by atoms with Crippen LogP contribution < -0.4 is 5.32 Å². The Morgan fingerprint density at radius 2 is 1.87 bits per heavy atom. The van der Waals surface area contributed by atoms with Gasteiger partial charge in [0, 0.05) is 36.3 Å². The number of benzene rings is 1. The minimum Gasteiger partial charge on any atom is -0.350 e. The van der Waals surface area contributed by atoms with Crippen molar-refractivity contribution in [2.24, 2.45) is 0 Å². The van der Waals surface area contributed by atoms with Gasteiger partial charge in [-0.25, -0.2) is 9.97 Å². The lowest BCUT2D eigenvalue weighted by atomic mass is 10.1. The molecular weight excluding hydrogens is 288 g/mol. The van der Waals surface area contributed by atoms with Gasteiger partial charge in [0.15, 0.2) is 0 Å². The van der Waals surface area contributed by atoms with Crippen LogP contribution in [0.5, 0.6) is 0 Å². The number of nitrogens with one attached hydrogen (secondary N) is 1. The van der Waals surface area contributed by atoms with Crippen LogP contribution in [0.3, 0.4) is 0 Å². The molecule has 0 atom stereocenters. The monoisotopic (exact) mass is 304 g/mol. The molecule has 0 spiro atoms. The highest BCUT2D eigenvalue weighted by atomic mass is 15.3. The number of hydrogen-bond donors (Lipinski definition) is 1. The van der Waals surface area contributed by atoms with Gasteiger partial charge in [-0.05, 0) is 6.07 Å². The van der Waals surface area contributed by atoms with E-state index in [0.29, 0.717) is 25.5 Å². The average Bonchev–Trinajstić information content (AvgIpc) is 3.03. The average molecular weight is 304 g/mol. The third-order valence-electron chi connectivity index (χ3n) is 3.34. The smallest absolute Gasteiger partial charge is 0.222 e. The highest BCUT2D eigenvalue weighted by Gasteiger charge is 2.11. The van der Waals surface area contributed by atoms with Crippen LogP contribution in [0.15, 0.2) is 55.0 Å². The molecular formula is C17H16N6. The van der Waals surface area contributed by atoms with Crippen molar-refractivity contribution >= 4 is 5.95 Å². The molecule has 0 unspecified atom stereocenters. The van der Waals surface area contributed by atoms with Crippen LogP contribution in [0.25, 0.3) is 11.3 Å². The first-order valence-corrected chi connectivity index (χ1v) is 7.36. The van der Waals surface area contributed by atoms with Crippen LogP contribution in [0.2, 0.25) is 0 Å². The fraction of sp³-hybridized carbons (Fsp3) is 0.176. The van der Waals surface area contributed by atoms with Crippen molar-refractivity contribution < 1.29 is 0 Å². The van der Waals surface area contributed by atoms with E-state index in [1.165, 1.54) is 0 Å². The summed E-state index contributed by atoms with van der Waals surface area (Å²) in [5, 5.41) is 16.6. The summed E-state index contributed by atoms with van der Waals surface area (Å²) in [6.45, 7) is 1.15. The molecule has 0 fully saturated rings. The van der Waals surface area contributed by atoms with Gasteiger partial charge >= 0.3 is 0 Å². The van der Waals surface area contributed by atoms with Crippen molar-refractivity contribution in [3.63, 3.8) is 0 Å². The van der Waals surface area contributed by atoms with Crippen LogP contribution in [0.4, 0.5) is 5.95 Å². The third kappa shape index (κ3) is 3.71. The molecule has 0 bridgehead atoms. The Bertz CT molecular complexity index is 789. The van der Waals surface area contributed by atoms with Crippen molar-refractivity contribution in [1.29, 1.82) is 5.26 Å². The Kier molecular flexibility index (Phi) is 4.60. The van der Waals surface area contributed by atoms with Crippen LogP contribution in [0, 0.1) is 11.3 Å². The molecule has 6 heteroatoms. The maximum atomic E-state index is 8.75. The predicted molar refractivity (Wildman–Crippen MR) is 87.3 cm³/mol. The SMILES string of the molecule is N#CCCn1cc(CNc2ncccn2)c(-c2ccccc2)n1. The molecule has 3 rings (SSSR count). The third-order valence-corrected chi connectivity index (χ3v) is 3.34. The summed E-state index contributed by atoms with van der Waals surface area (Å²) in [5.41, 5.74) is 3.00. The van der Waals surface area contributed by atoms with Crippen molar-refractivity contribution in [3.8, 4) is 17.3 Å². The number of hydrogen-bond acceptors (Lipinski definition) is 5. The maximum Gasteiger partial charge on any atom is 0.222 e. The number of rotatable bonds is 6. The lowest BCUT2D eigenvalue weighted by Crippen LogP contribution is -2.03. The lowest BCUT2D eigenvalue weighted by molar-refractivity contribution is 0.629. The topological polar surface area (TPSA) is 79.4 Å². The molecule has 1 N–H and O–H groups in total. The van der Waals surface area contributed by atoms with Gasteiger partial charge in [0.1, 0.15) is 0 Å². The second-order valence-corrected chi connectivity index (χ2v) is 4.97. The Morgan fingerprint density at radius 3 is 2.61 bits per heavy atom. The molecule has 1 aromatic carbocycles. The van der Waals surface area contributed by atoms with Gasteiger partial charge in [-0.15, -0.1) is 0 Å². The number of nitrogens with zero attached hydrogens (tertiary/aromatic N) is 5. The van der Waals surface area contributed by atoms with Crippen LogP contribution in [-0.2, 0) is 13.1 Å². The fourth-order valence-electron chi connectivity index (χ4n) is 2.27. The highest BCUT2D eigenvalue weighted by molar-refractivity contribution is 5.62. The maximum absolute atomic E-state index is 8.75. The molecule has 23 heavy (non-hydrogen) atoms. The van der Waals surface area contributed by atoms with Gasteiger partial charge in [-0.2, -0.15) is 10.4 Å². The molecule has 0 aliphatic rings. The Hall–Kier alpha value is -3.20. The molecule has 114 valence electrons. The molecule has 0 radical (unpaired) electrons. The van der Waals surface area contributed by atoms with Gasteiger partial charge in [-0.1, -0.05) is 30.3 Å². The zero-order valence-electron chi connectivity index (χ0n) is 12.6. The second-order valence-electron chi connectivity index (χ2n) is 4.97. The summed E-state index contributed by atoms with van der Waals surface area (Å²) >= 11 is 0. The number of nitriles is 1. The molecule has 0 amide bonds. The van der Waals surface area contributed by atoms with Crippen molar-refractivity contribution in [3.05, 3.63) is 60.6 Å². The van der Waals surface area contributed by atoms with E-state index in [2.05, 4.69) is 26.5 Å². The summed E-state index contributed by atoms with van der Waals surface area (Å²) in [6, 6.07) is 13.9. The van der Waals surface area contributed by atoms with E-state index in [0.717, 1.165) is 16.8 Å². The molecule has 2 aromatic heterocycles.